The van der Waals surface area contributed by atoms with Gasteiger partial charge in [0.2, 0.25) is 0 Å². The number of rotatable bonds is 3. The molecule has 0 fully saturated rings. The highest BCUT2D eigenvalue weighted by Gasteiger charge is 2.34. The first-order chi connectivity index (χ1) is 20.9. The molecule has 2 aliphatic carbocycles. The van der Waals surface area contributed by atoms with Crippen LogP contribution in [0.2, 0.25) is 0 Å². The Hall–Kier alpha value is -4.83. The number of nitrogens with zero attached hydrogens (tertiary/aromatic N) is 4. The monoisotopic (exact) mass is 558 g/mol. The summed E-state index contributed by atoms with van der Waals surface area (Å²) in [6, 6.07) is 26.4. The van der Waals surface area contributed by atoms with E-state index in [1.54, 1.807) is 0 Å². The summed E-state index contributed by atoms with van der Waals surface area (Å²) in [7, 11) is 2.09. The number of aromatic nitrogens is 2. The lowest BCUT2D eigenvalue weighted by Gasteiger charge is -2.35. The normalized spacial score (nSPS) is 23.1. The van der Waals surface area contributed by atoms with Crippen molar-refractivity contribution in [3.05, 3.63) is 131 Å². The molecule has 0 N–H and O–H groups in total. The average molecular weight is 559 g/mol. The van der Waals surface area contributed by atoms with Crippen LogP contribution in [0.3, 0.4) is 0 Å². The molecular formula is C39H34N4. The summed E-state index contributed by atoms with van der Waals surface area (Å²) in [5.41, 5.74) is 8.92. The van der Waals surface area contributed by atoms with Crippen LogP contribution in [-0.2, 0) is 11.8 Å². The van der Waals surface area contributed by atoms with E-state index in [2.05, 4.69) is 129 Å². The number of benzene rings is 3. The number of likely N-dealkylation sites (N-methyl/N-ethyl adjacent to an activating group) is 1. The van der Waals surface area contributed by atoms with Crippen molar-refractivity contribution in [2.24, 2.45) is 10.9 Å². The van der Waals surface area contributed by atoms with Crippen LogP contribution in [0.5, 0.6) is 0 Å². The van der Waals surface area contributed by atoms with E-state index >= 15 is 0 Å². The Morgan fingerprint density at radius 1 is 0.860 bits per heavy atom. The Morgan fingerprint density at radius 3 is 2.51 bits per heavy atom. The van der Waals surface area contributed by atoms with E-state index in [-0.39, 0.29) is 11.6 Å². The lowest BCUT2D eigenvalue weighted by atomic mass is 9.73. The molecule has 3 aliphatic rings. The summed E-state index contributed by atoms with van der Waals surface area (Å²) in [5.74, 6) is 0.553. The van der Waals surface area contributed by atoms with E-state index < -0.39 is 0 Å². The van der Waals surface area contributed by atoms with Crippen LogP contribution in [0.25, 0.3) is 44.2 Å². The van der Waals surface area contributed by atoms with Gasteiger partial charge in [0.1, 0.15) is 6.17 Å². The van der Waals surface area contributed by atoms with E-state index in [1.807, 2.05) is 12.3 Å². The molecule has 0 amide bonds. The summed E-state index contributed by atoms with van der Waals surface area (Å²) in [6.07, 6.45) is 17.0. The van der Waals surface area contributed by atoms with Gasteiger partial charge in [0, 0.05) is 35.6 Å². The van der Waals surface area contributed by atoms with Crippen LogP contribution in [-0.4, -0.2) is 34.3 Å². The van der Waals surface area contributed by atoms with Crippen molar-refractivity contribution in [1.29, 1.82) is 0 Å². The lowest BCUT2D eigenvalue weighted by Crippen LogP contribution is -2.33. The number of pyridine rings is 2. The van der Waals surface area contributed by atoms with Gasteiger partial charge in [-0.05, 0) is 100 Å². The third-order valence-corrected chi connectivity index (χ3v) is 9.27. The maximum atomic E-state index is 5.29. The Kier molecular flexibility index (Phi) is 5.94. The van der Waals surface area contributed by atoms with E-state index in [4.69, 9.17) is 15.0 Å². The molecule has 0 radical (unpaired) electrons. The van der Waals surface area contributed by atoms with Crippen LogP contribution < -0.4 is 0 Å². The Bertz CT molecular complexity index is 2100. The second-order valence-corrected chi connectivity index (χ2v) is 12.7. The van der Waals surface area contributed by atoms with Gasteiger partial charge in [0.25, 0.3) is 0 Å². The minimum Gasteiger partial charge on any atom is -0.355 e. The fraction of sp³-hybridized carbons (Fsp3) is 0.205. The van der Waals surface area contributed by atoms with Crippen molar-refractivity contribution >= 4 is 50.4 Å². The quantitative estimate of drug-likeness (QED) is 0.208. The molecule has 3 atom stereocenters. The molecular weight excluding hydrogens is 524 g/mol. The highest BCUT2D eigenvalue weighted by Crippen LogP contribution is 2.42. The summed E-state index contributed by atoms with van der Waals surface area (Å²) >= 11 is 0. The van der Waals surface area contributed by atoms with Gasteiger partial charge in [-0.15, -0.1) is 0 Å². The van der Waals surface area contributed by atoms with E-state index in [0.29, 0.717) is 5.92 Å². The maximum Gasteiger partial charge on any atom is 0.146 e. The van der Waals surface area contributed by atoms with Gasteiger partial charge in [-0.3, -0.25) is 9.98 Å². The highest BCUT2D eigenvalue weighted by atomic mass is 15.2. The Morgan fingerprint density at radius 2 is 1.65 bits per heavy atom. The molecule has 4 nitrogen and oxygen atoms in total. The number of fused-ring (bicyclic) bond motifs is 4. The molecule has 0 spiro atoms. The molecule has 3 aromatic carbocycles. The Balaban J connectivity index is 1.24. The smallest absolute Gasteiger partial charge is 0.146 e. The summed E-state index contributed by atoms with van der Waals surface area (Å²) < 4.78 is 0. The molecule has 0 saturated heterocycles. The first-order valence-electron chi connectivity index (χ1n) is 15.2. The molecule has 8 rings (SSSR count). The number of allylic oxidation sites excluding steroid dienone is 4. The highest BCUT2D eigenvalue weighted by molar-refractivity contribution is 5.96. The fourth-order valence-electron chi connectivity index (χ4n) is 6.96. The zero-order valence-corrected chi connectivity index (χ0v) is 24.8. The van der Waals surface area contributed by atoms with Gasteiger partial charge < -0.3 is 4.90 Å². The number of aliphatic imine (C=N–C) groups is 1. The summed E-state index contributed by atoms with van der Waals surface area (Å²) in [6.45, 7) is 4.58. The van der Waals surface area contributed by atoms with Gasteiger partial charge >= 0.3 is 0 Å². The predicted octanol–water partition coefficient (Wildman–Crippen LogP) is 8.67. The van der Waals surface area contributed by atoms with Gasteiger partial charge in [-0.2, -0.15) is 0 Å². The minimum absolute atomic E-state index is 0.0928. The van der Waals surface area contributed by atoms with Crippen LogP contribution in [0.15, 0.2) is 114 Å². The average Bonchev–Trinajstić information content (AvgIpc) is 3.02. The lowest BCUT2D eigenvalue weighted by molar-refractivity contribution is 0.377. The molecule has 210 valence electrons. The first kappa shape index (κ1) is 25.8. The third-order valence-electron chi connectivity index (χ3n) is 9.27. The second kappa shape index (κ2) is 9.88. The largest absolute Gasteiger partial charge is 0.355 e. The van der Waals surface area contributed by atoms with Crippen molar-refractivity contribution in [1.82, 2.24) is 14.9 Å². The van der Waals surface area contributed by atoms with Crippen LogP contribution in [0.1, 0.15) is 42.8 Å². The molecule has 4 heteroatoms. The fourth-order valence-corrected chi connectivity index (χ4v) is 6.96. The molecule has 3 unspecified atom stereocenters. The maximum absolute atomic E-state index is 5.29. The van der Waals surface area contributed by atoms with Gasteiger partial charge in [0.05, 0.1) is 22.4 Å². The molecule has 3 heterocycles. The van der Waals surface area contributed by atoms with E-state index in [9.17, 15) is 0 Å². The van der Waals surface area contributed by atoms with E-state index in [0.717, 1.165) is 40.6 Å². The molecule has 0 saturated carbocycles. The SMILES string of the molecule is CC1C=Cc2cc3ccc(C4=CC(C5N=CC=CN5C)=CC(C)(c5ccc6cc7ccccc7cc6n5)C4)nc3cc2C1. The van der Waals surface area contributed by atoms with E-state index in [1.165, 1.54) is 38.4 Å². The van der Waals surface area contributed by atoms with Crippen molar-refractivity contribution < 1.29 is 0 Å². The van der Waals surface area contributed by atoms with Gasteiger partial charge in [-0.1, -0.05) is 68.5 Å². The van der Waals surface area contributed by atoms with Crippen molar-refractivity contribution in [3.63, 3.8) is 0 Å². The van der Waals surface area contributed by atoms with Crippen molar-refractivity contribution in [2.45, 2.75) is 38.3 Å². The molecule has 2 aromatic heterocycles. The number of hydrogen-bond acceptors (Lipinski definition) is 4. The van der Waals surface area contributed by atoms with Crippen LogP contribution in [0.4, 0.5) is 0 Å². The standard InChI is InChI=1S/C39H34N4/c1-25-9-10-28-19-29-11-13-34(41-35(29)22-31(28)17-25)32-20-33(38-40-15-6-16-43(38)3)24-39(2,23-32)37-14-12-30-18-26-7-4-5-8-27(26)21-36(30)42-37/h4-16,18-22,24-25,38H,17,23H2,1-3H3. The molecule has 43 heavy (non-hydrogen) atoms. The van der Waals surface area contributed by atoms with Crippen molar-refractivity contribution in [3.8, 4) is 0 Å². The van der Waals surface area contributed by atoms with Gasteiger partial charge in [0.15, 0.2) is 0 Å². The predicted molar refractivity (Wildman–Crippen MR) is 180 cm³/mol. The van der Waals surface area contributed by atoms with Crippen molar-refractivity contribution in [2.75, 3.05) is 7.05 Å². The topological polar surface area (TPSA) is 41.4 Å². The summed E-state index contributed by atoms with van der Waals surface area (Å²) in [5, 5.41) is 4.79. The first-order valence-corrected chi connectivity index (χ1v) is 15.2. The number of hydrogen-bond donors (Lipinski definition) is 0. The summed E-state index contributed by atoms with van der Waals surface area (Å²) in [4.78, 5) is 17.6. The molecule has 0 bridgehead atoms. The zero-order chi connectivity index (χ0) is 29.1. The molecule has 1 aliphatic heterocycles. The zero-order valence-electron chi connectivity index (χ0n) is 24.8. The molecule has 5 aromatic rings. The second-order valence-electron chi connectivity index (χ2n) is 12.7. The Labute approximate surface area is 252 Å². The minimum atomic E-state index is -0.330. The van der Waals surface area contributed by atoms with Gasteiger partial charge in [-0.25, -0.2) is 4.98 Å². The van der Waals surface area contributed by atoms with Crippen LogP contribution >= 0.6 is 0 Å². The van der Waals surface area contributed by atoms with Crippen LogP contribution in [0, 0.1) is 5.92 Å². The third kappa shape index (κ3) is 4.58.